The van der Waals surface area contributed by atoms with E-state index in [-0.39, 0.29) is 6.42 Å². The Labute approximate surface area is 207 Å². The third-order valence-electron chi connectivity index (χ3n) is 5.21. The smallest absolute Gasteiger partial charge is 0.303 e. The van der Waals surface area contributed by atoms with Crippen molar-refractivity contribution in [2.45, 2.75) is 71.0 Å². The zero-order valence-corrected chi connectivity index (χ0v) is 20.6. The molecule has 0 bridgehead atoms. The largest absolute Gasteiger partial charge is 0.461 e. The monoisotopic (exact) mass is 507 g/mol. The van der Waals surface area contributed by atoms with E-state index in [9.17, 15) is 28.8 Å². The van der Waals surface area contributed by atoms with E-state index in [0.717, 1.165) is 34.6 Å². The summed E-state index contributed by atoms with van der Waals surface area (Å²) in [5.41, 5.74) is -1.47. The van der Waals surface area contributed by atoms with E-state index < -0.39 is 72.3 Å². The molecule has 0 aliphatic heterocycles. The van der Waals surface area contributed by atoms with Crippen molar-refractivity contribution >= 4 is 35.8 Å². The van der Waals surface area contributed by atoms with E-state index in [4.69, 9.17) is 23.7 Å². The van der Waals surface area contributed by atoms with Gasteiger partial charge in [0, 0.05) is 34.6 Å². The topological polar surface area (TPSA) is 161 Å². The zero-order chi connectivity index (χ0) is 27.0. The average molecular weight is 507 g/mol. The number of hydrogen-bond acceptors (Lipinski definition) is 11. The van der Waals surface area contributed by atoms with Gasteiger partial charge in [-0.3, -0.25) is 28.8 Å². The number of carbonyl (C=O) groups is 6. The number of amides is 1. The second-order valence-corrected chi connectivity index (χ2v) is 8.21. The van der Waals surface area contributed by atoms with Crippen molar-refractivity contribution in [3.63, 3.8) is 0 Å². The number of carbonyl (C=O) groups excluding carboxylic acids is 6. The van der Waals surface area contributed by atoms with Gasteiger partial charge in [0.25, 0.3) is 0 Å². The van der Waals surface area contributed by atoms with Crippen LogP contribution in [0.4, 0.5) is 0 Å². The highest BCUT2D eigenvalue weighted by molar-refractivity contribution is 5.80. The summed E-state index contributed by atoms with van der Waals surface area (Å²) in [5, 5.41) is 2.64. The molecule has 1 N–H and O–H groups in total. The number of nitrogens with one attached hydrogen (secondary N) is 1. The van der Waals surface area contributed by atoms with Crippen molar-refractivity contribution < 1.29 is 52.5 Å². The predicted molar refractivity (Wildman–Crippen MR) is 120 cm³/mol. The Kier molecular flexibility index (Phi) is 9.53. The molecule has 1 aliphatic rings. The molecular formula is C24H29NO11. The summed E-state index contributed by atoms with van der Waals surface area (Å²) in [4.78, 5) is 73.0. The first-order chi connectivity index (χ1) is 16.9. The summed E-state index contributed by atoms with van der Waals surface area (Å²) in [6.07, 6.45) is -4.74. The fourth-order valence-corrected chi connectivity index (χ4v) is 4.10. The van der Waals surface area contributed by atoms with Crippen LogP contribution in [0.15, 0.2) is 30.3 Å². The summed E-state index contributed by atoms with van der Waals surface area (Å²) in [6.45, 7) is 4.61. The Hall–Kier alpha value is -3.96. The summed E-state index contributed by atoms with van der Waals surface area (Å²) < 4.78 is 26.8. The van der Waals surface area contributed by atoms with Crippen LogP contribution in [0.25, 0.3) is 0 Å². The van der Waals surface area contributed by atoms with Crippen LogP contribution < -0.4 is 5.32 Å². The molecule has 12 nitrogen and oxygen atoms in total. The second-order valence-electron chi connectivity index (χ2n) is 8.21. The van der Waals surface area contributed by atoms with E-state index >= 15 is 0 Å². The van der Waals surface area contributed by atoms with Crippen LogP contribution in [0.1, 0.15) is 40.2 Å². The van der Waals surface area contributed by atoms with Gasteiger partial charge >= 0.3 is 29.8 Å². The lowest BCUT2D eigenvalue weighted by Crippen LogP contribution is -2.63. The van der Waals surface area contributed by atoms with Gasteiger partial charge in [0.15, 0.2) is 18.3 Å². The zero-order valence-electron chi connectivity index (χ0n) is 20.6. The average Bonchev–Trinajstić information content (AvgIpc) is 2.95. The fraction of sp³-hybridized carbons (Fsp3) is 0.500. The third kappa shape index (κ3) is 7.27. The highest BCUT2D eigenvalue weighted by atomic mass is 16.7. The first-order valence-electron chi connectivity index (χ1n) is 11.0. The summed E-state index contributed by atoms with van der Waals surface area (Å²) in [7, 11) is 0. The maximum absolute atomic E-state index is 13.1. The van der Waals surface area contributed by atoms with E-state index in [1.807, 2.05) is 0 Å². The van der Waals surface area contributed by atoms with E-state index in [1.165, 1.54) is 0 Å². The summed E-state index contributed by atoms with van der Waals surface area (Å²) in [6, 6.07) is 7.20. The lowest BCUT2D eigenvalue weighted by molar-refractivity contribution is -0.204. The molecule has 1 fully saturated rings. The lowest BCUT2D eigenvalue weighted by atomic mass is 9.94. The van der Waals surface area contributed by atoms with Crippen molar-refractivity contribution in [2.75, 3.05) is 6.61 Å². The molecule has 5 atom stereocenters. The Bertz CT molecular complexity index is 1010. The molecule has 1 aliphatic carbocycles. The molecule has 0 aromatic heterocycles. The second kappa shape index (κ2) is 12.1. The molecule has 0 radical (unpaired) electrons. The molecule has 0 saturated heterocycles. The molecule has 1 saturated carbocycles. The van der Waals surface area contributed by atoms with Gasteiger partial charge in [0.1, 0.15) is 12.6 Å². The van der Waals surface area contributed by atoms with Gasteiger partial charge in [-0.15, -0.1) is 0 Å². The Morgan fingerprint density at radius 3 is 1.81 bits per heavy atom. The molecule has 1 amide bonds. The standard InChI is InChI=1S/C24H29NO11/c1-13(26)32-12-24(36-17(5)30)22(25-19(31)11-18-9-7-6-8-10-18)20(33-14(2)27)21(34-15(3)28)23(24)35-16(4)29/h6-10,20-23H,11-12H2,1-5H3,(H,25,31)/t20-,21+,22-,23+,24+/m1/s1. The van der Waals surface area contributed by atoms with Crippen LogP contribution >= 0.6 is 0 Å². The van der Waals surface area contributed by atoms with Gasteiger partial charge in [-0.1, -0.05) is 30.3 Å². The predicted octanol–water partition coefficient (Wildman–Crippen LogP) is 0.388. The van der Waals surface area contributed by atoms with Gasteiger partial charge < -0.3 is 29.0 Å². The van der Waals surface area contributed by atoms with Gasteiger partial charge in [0.05, 0.1) is 6.42 Å². The van der Waals surface area contributed by atoms with Crippen molar-refractivity contribution in [3.8, 4) is 0 Å². The molecule has 0 spiro atoms. The van der Waals surface area contributed by atoms with E-state index in [1.54, 1.807) is 30.3 Å². The number of rotatable bonds is 9. The molecular weight excluding hydrogens is 478 g/mol. The van der Waals surface area contributed by atoms with Crippen LogP contribution in [0.3, 0.4) is 0 Å². The van der Waals surface area contributed by atoms with Crippen molar-refractivity contribution in [3.05, 3.63) is 35.9 Å². The molecule has 196 valence electrons. The fourth-order valence-electron chi connectivity index (χ4n) is 4.10. The Morgan fingerprint density at radius 2 is 1.31 bits per heavy atom. The molecule has 0 unspecified atom stereocenters. The van der Waals surface area contributed by atoms with Gasteiger partial charge in [0.2, 0.25) is 11.5 Å². The number of ether oxygens (including phenoxy) is 5. The first kappa shape index (κ1) is 28.3. The van der Waals surface area contributed by atoms with Crippen LogP contribution in [0, 0.1) is 0 Å². The maximum Gasteiger partial charge on any atom is 0.303 e. The Morgan fingerprint density at radius 1 is 0.750 bits per heavy atom. The highest BCUT2D eigenvalue weighted by Crippen LogP contribution is 2.41. The minimum atomic E-state index is -2.12. The normalized spacial score (nSPS) is 24.7. The Balaban J connectivity index is 2.66. The van der Waals surface area contributed by atoms with E-state index in [2.05, 4.69) is 5.32 Å². The molecule has 36 heavy (non-hydrogen) atoms. The highest BCUT2D eigenvalue weighted by Gasteiger charge is 2.69. The molecule has 0 heterocycles. The minimum Gasteiger partial charge on any atom is -0.461 e. The van der Waals surface area contributed by atoms with Crippen molar-refractivity contribution in [1.82, 2.24) is 5.32 Å². The van der Waals surface area contributed by atoms with Gasteiger partial charge in [-0.05, 0) is 5.56 Å². The van der Waals surface area contributed by atoms with E-state index in [0.29, 0.717) is 5.56 Å². The van der Waals surface area contributed by atoms with Crippen LogP contribution in [0.5, 0.6) is 0 Å². The van der Waals surface area contributed by atoms with Crippen LogP contribution in [0.2, 0.25) is 0 Å². The number of esters is 5. The summed E-state index contributed by atoms with van der Waals surface area (Å²) in [5.74, 6) is -4.80. The number of hydrogen-bond donors (Lipinski definition) is 1. The quantitative estimate of drug-likeness (QED) is 0.364. The van der Waals surface area contributed by atoms with Crippen LogP contribution in [-0.2, 0) is 58.9 Å². The maximum atomic E-state index is 13.1. The molecule has 2 rings (SSSR count). The first-order valence-corrected chi connectivity index (χ1v) is 11.0. The molecule has 12 heteroatoms. The SMILES string of the molecule is CC(=O)OC[C@]1(OC(C)=O)[C@H](NC(=O)Cc2ccccc2)[C@H](OC(C)=O)[C@H](OC(C)=O)[C@@H]1OC(C)=O. The van der Waals surface area contributed by atoms with Crippen molar-refractivity contribution in [2.24, 2.45) is 0 Å². The van der Waals surface area contributed by atoms with Gasteiger partial charge in [-0.25, -0.2) is 0 Å². The van der Waals surface area contributed by atoms with Crippen LogP contribution in [-0.4, -0.2) is 72.3 Å². The van der Waals surface area contributed by atoms with Gasteiger partial charge in [-0.2, -0.15) is 0 Å². The molecule has 1 aromatic carbocycles. The lowest BCUT2D eigenvalue weighted by Gasteiger charge is -2.38. The third-order valence-corrected chi connectivity index (χ3v) is 5.21. The van der Waals surface area contributed by atoms with Crippen molar-refractivity contribution in [1.29, 1.82) is 0 Å². The summed E-state index contributed by atoms with van der Waals surface area (Å²) >= 11 is 0. The number of benzene rings is 1. The molecule has 1 aromatic rings. The minimum absolute atomic E-state index is 0.121.